The summed E-state index contributed by atoms with van der Waals surface area (Å²) in [5, 5.41) is 12.6. The molecular weight excluding hydrogens is 204 g/mol. The zero-order valence-corrected chi connectivity index (χ0v) is 10.5. The van der Waals surface area contributed by atoms with E-state index in [4.69, 9.17) is 5.73 Å². The average Bonchev–Trinajstić information content (AvgIpc) is 2.19. The molecule has 0 radical (unpaired) electrons. The zero-order valence-electron chi connectivity index (χ0n) is 10.5. The number of aliphatic hydroxyl groups excluding tert-OH is 1. The summed E-state index contributed by atoms with van der Waals surface area (Å²) >= 11 is 0. The van der Waals surface area contributed by atoms with Crippen LogP contribution >= 0.6 is 0 Å². The molecule has 0 bridgehead atoms. The van der Waals surface area contributed by atoms with Gasteiger partial charge >= 0.3 is 0 Å². The van der Waals surface area contributed by atoms with Crippen LogP contribution in [-0.4, -0.2) is 29.2 Å². The fraction of sp³-hybridized carbons (Fsp3) is 0.917. The quantitative estimate of drug-likeness (QED) is 0.654. The molecule has 0 aromatic heterocycles. The lowest BCUT2D eigenvalue weighted by Crippen LogP contribution is -2.54. The number of nitrogens with one attached hydrogen (secondary N) is 1. The van der Waals surface area contributed by atoms with Gasteiger partial charge in [0.15, 0.2) is 0 Å². The number of rotatable bonds is 2. The summed E-state index contributed by atoms with van der Waals surface area (Å²) < 4.78 is 0. The van der Waals surface area contributed by atoms with Crippen molar-refractivity contribution in [2.75, 3.05) is 0 Å². The predicted octanol–water partition coefficient (Wildman–Crippen LogP) is 0.779. The first-order chi connectivity index (χ1) is 7.32. The molecule has 0 spiro atoms. The minimum Gasteiger partial charge on any atom is -0.391 e. The van der Waals surface area contributed by atoms with Crippen molar-refractivity contribution in [1.29, 1.82) is 0 Å². The van der Waals surface area contributed by atoms with Gasteiger partial charge in [0.25, 0.3) is 0 Å². The van der Waals surface area contributed by atoms with Crippen LogP contribution in [0, 0.1) is 5.41 Å². The van der Waals surface area contributed by atoms with Crippen LogP contribution in [0.15, 0.2) is 0 Å². The van der Waals surface area contributed by atoms with Crippen molar-refractivity contribution in [1.82, 2.24) is 5.32 Å². The number of hydrogen-bond acceptors (Lipinski definition) is 3. The first kappa shape index (κ1) is 13.5. The fourth-order valence-corrected chi connectivity index (χ4v) is 1.95. The molecular formula is C12H24N2O2. The summed E-state index contributed by atoms with van der Waals surface area (Å²) in [5.74, 6) is -0.154. The highest BCUT2D eigenvalue weighted by Gasteiger charge is 2.31. The molecule has 4 heteroatoms. The van der Waals surface area contributed by atoms with E-state index in [2.05, 4.69) is 5.32 Å². The lowest BCUT2D eigenvalue weighted by Gasteiger charge is -2.32. The molecule has 1 rings (SSSR count). The zero-order chi connectivity index (χ0) is 12.3. The third-order valence-corrected chi connectivity index (χ3v) is 3.27. The number of amides is 1. The van der Waals surface area contributed by atoms with E-state index < -0.39 is 12.1 Å². The van der Waals surface area contributed by atoms with E-state index in [0.29, 0.717) is 0 Å². The smallest absolute Gasteiger partial charge is 0.237 e. The van der Waals surface area contributed by atoms with E-state index in [1.54, 1.807) is 0 Å². The molecule has 3 atom stereocenters. The first-order valence-electron chi connectivity index (χ1n) is 6.06. The van der Waals surface area contributed by atoms with Crippen molar-refractivity contribution in [2.45, 2.75) is 64.6 Å². The normalized spacial score (nSPS) is 28.6. The minimum absolute atomic E-state index is 0.116. The van der Waals surface area contributed by atoms with Crippen LogP contribution in [0.2, 0.25) is 0 Å². The SMILES string of the molecule is CC(C)(C)[C@H](N)C(=O)N[C@H]1CCCC[C@@H]1O. The van der Waals surface area contributed by atoms with E-state index in [9.17, 15) is 9.90 Å². The Balaban J connectivity index is 2.50. The van der Waals surface area contributed by atoms with E-state index in [1.165, 1.54) is 0 Å². The third-order valence-electron chi connectivity index (χ3n) is 3.27. The largest absolute Gasteiger partial charge is 0.391 e. The van der Waals surface area contributed by atoms with E-state index >= 15 is 0 Å². The Hall–Kier alpha value is -0.610. The molecule has 4 nitrogen and oxygen atoms in total. The number of hydrogen-bond donors (Lipinski definition) is 3. The van der Waals surface area contributed by atoms with Crippen molar-refractivity contribution in [3.63, 3.8) is 0 Å². The van der Waals surface area contributed by atoms with Crippen molar-refractivity contribution >= 4 is 5.91 Å². The van der Waals surface area contributed by atoms with Gasteiger partial charge in [0, 0.05) is 0 Å². The molecule has 1 aliphatic carbocycles. The van der Waals surface area contributed by atoms with Crippen molar-refractivity contribution in [2.24, 2.45) is 11.1 Å². The third kappa shape index (κ3) is 3.46. The Labute approximate surface area is 97.6 Å². The van der Waals surface area contributed by atoms with Crippen LogP contribution in [0.25, 0.3) is 0 Å². The molecule has 0 aromatic rings. The topological polar surface area (TPSA) is 75.4 Å². The number of aliphatic hydroxyl groups is 1. The summed E-state index contributed by atoms with van der Waals surface area (Å²) in [4.78, 5) is 11.9. The lowest BCUT2D eigenvalue weighted by molar-refractivity contribution is -0.126. The molecule has 0 aliphatic heterocycles. The monoisotopic (exact) mass is 228 g/mol. The molecule has 1 saturated carbocycles. The molecule has 1 fully saturated rings. The Morgan fingerprint density at radius 2 is 1.94 bits per heavy atom. The van der Waals surface area contributed by atoms with Crippen LogP contribution in [0.5, 0.6) is 0 Å². The highest BCUT2D eigenvalue weighted by atomic mass is 16.3. The van der Waals surface area contributed by atoms with Crippen LogP contribution in [0.1, 0.15) is 46.5 Å². The highest BCUT2D eigenvalue weighted by Crippen LogP contribution is 2.21. The van der Waals surface area contributed by atoms with Gasteiger partial charge in [-0.2, -0.15) is 0 Å². The van der Waals surface area contributed by atoms with Gasteiger partial charge in [0.05, 0.1) is 18.2 Å². The summed E-state index contributed by atoms with van der Waals surface area (Å²) in [6, 6.07) is -0.642. The molecule has 4 N–H and O–H groups in total. The molecule has 0 unspecified atom stereocenters. The second-order valence-corrected chi connectivity index (χ2v) is 5.81. The van der Waals surface area contributed by atoms with Gasteiger partial charge in [-0.05, 0) is 18.3 Å². The maximum atomic E-state index is 11.9. The summed E-state index contributed by atoms with van der Waals surface area (Å²) in [7, 11) is 0. The fourth-order valence-electron chi connectivity index (χ4n) is 1.95. The maximum Gasteiger partial charge on any atom is 0.237 e. The number of carbonyl (C=O) groups excluding carboxylic acids is 1. The van der Waals surface area contributed by atoms with Gasteiger partial charge in [-0.1, -0.05) is 33.6 Å². The molecule has 1 aliphatic rings. The van der Waals surface area contributed by atoms with Crippen LogP contribution < -0.4 is 11.1 Å². The van der Waals surface area contributed by atoms with E-state index in [0.717, 1.165) is 25.7 Å². The van der Waals surface area contributed by atoms with Gasteiger partial charge in [-0.15, -0.1) is 0 Å². The minimum atomic E-state index is -0.526. The molecule has 0 saturated heterocycles. The van der Waals surface area contributed by atoms with E-state index in [-0.39, 0.29) is 17.4 Å². The average molecular weight is 228 g/mol. The Morgan fingerprint density at radius 3 is 2.44 bits per heavy atom. The lowest BCUT2D eigenvalue weighted by atomic mass is 9.86. The van der Waals surface area contributed by atoms with Gasteiger partial charge in [0.2, 0.25) is 5.91 Å². The standard InChI is InChI=1S/C12H24N2O2/c1-12(2,3)10(13)11(16)14-8-6-4-5-7-9(8)15/h8-10,15H,4-7,13H2,1-3H3,(H,14,16)/t8-,9-,10+/m0/s1. The molecule has 0 aromatic carbocycles. The van der Waals surface area contributed by atoms with E-state index in [1.807, 2.05) is 20.8 Å². The molecule has 94 valence electrons. The Bertz CT molecular complexity index is 248. The van der Waals surface area contributed by atoms with Gasteiger partial charge < -0.3 is 16.2 Å². The Kier molecular flexibility index (Phi) is 4.33. The molecule has 1 amide bonds. The summed E-state index contributed by atoms with van der Waals surface area (Å²) in [6.07, 6.45) is 3.32. The highest BCUT2D eigenvalue weighted by molar-refractivity contribution is 5.82. The molecule has 16 heavy (non-hydrogen) atoms. The summed E-state index contributed by atoms with van der Waals surface area (Å²) in [6.45, 7) is 5.82. The second-order valence-electron chi connectivity index (χ2n) is 5.81. The van der Waals surface area contributed by atoms with Crippen LogP contribution in [0.3, 0.4) is 0 Å². The van der Waals surface area contributed by atoms with Crippen LogP contribution in [-0.2, 0) is 4.79 Å². The molecule has 0 heterocycles. The predicted molar refractivity (Wildman–Crippen MR) is 63.8 cm³/mol. The van der Waals surface area contributed by atoms with Crippen molar-refractivity contribution < 1.29 is 9.90 Å². The Morgan fingerprint density at radius 1 is 1.38 bits per heavy atom. The first-order valence-corrected chi connectivity index (χ1v) is 6.06. The second kappa shape index (κ2) is 5.15. The number of nitrogens with two attached hydrogens (primary N) is 1. The maximum absolute atomic E-state index is 11.9. The summed E-state index contributed by atoms with van der Waals surface area (Å²) in [5.41, 5.74) is 5.62. The van der Waals surface area contributed by atoms with Gasteiger partial charge in [0.1, 0.15) is 0 Å². The van der Waals surface area contributed by atoms with Crippen molar-refractivity contribution in [3.05, 3.63) is 0 Å². The van der Waals surface area contributed by atoms with Gasteiger partial charge in [-0.25, -0.2) is 0 Å². The number of carbonyl (C=O) groups is 1. The van der Waals surface area contributed by atoms with Gasteiger partial charge in [-0.3, -0.25) is 4.79 Å². The van der Waals surface area contributed by atoms with Crippen LogP contribution in [0.4, 0.5) is 0 Å². The van der Waals surface area contributed by atoms with Crippen molar-refractivity contribution in [3.8, 4) is 0 Å².